The van der Waals surface area contributed by atoms with Crippen LogP contribution in [0.1, 0.15) is 37.4 Å². The van der Waals surface area contributed by atoms with Crippen molar-refractivity contribution in [2.75, 3.05) is 58.4 Å². The third kappa shape index (κ3) is 5.04. The molecule has 1 saturated heterocycles. The molecule has 0 bridgehead atoms. The Labute approximate surface area is 212 Å². The predicted molar refractivity (Wildman–Crippen MR) is 136 cm³/mol. The zero-order valence-electron chi connectivity index (χ0n) is 21.5. The molecule has 0 spiro atoms. The van der Waals surface area contributed by atoms with E-state index in [1.54, 1.807) is 23.1 Å². The molecule has 192 valence electrons. The van der Waals surface area contributed by atoms with Crippen LogP contribution in [-0.2, 0) is 9.59 Å². The van der Waals surface area contributed by atoms with E-state index in [0.717, 1.165) is 37.3 Å². The molecule has 2 aromatic rings. The number of rotatable bonds is 9. The Morgan fingerprint density at radius 2 is 1.69 bits per heavy atom. The van der Waals surface area contributed by atoms with Crippen molar-refractivity contribution in [1.82, 2.24) is 4.90 Å². The van der Waals surface area contributed by atoms with Gasteiger partial charge in [0.15, 0.2) is 11.5 Å². The number of hydrogen-bond donors (Lipinski definition) is 1. The van der Waals surface area contributed by atoms with Gasteiger partial charge in [0.2, 0.25) is 5.78 Å². The summed E-state index contributed by atoms with van der Waals surface area (Å²) < 4.78 is 11.2. The Balaban J connectivity index is 1.74. The van der Waals surface area contributed by atoms with Crippen LogP contribution in [0.4, 0.5) is 5.69 Å². The Hall–Kier alpha value is -3.52. The standard InChI is InChI=1S/C28H35N3O5/c1-5-30(6-2)14-7-15-31-25(19-8-11-21(12-9-19)29(3)4)24(27(33)28(31)34)26(32)20-10-13-22-23(18-20)36-17-16-35-22/h8-13,18,25,32H,5-7,14-17H2,1-4H3. The van der Waals surface area contributed by atoms with Gasteiger partial charge in [0.1, 0.15) is 13.2 Å². The van der Waals surface area contributed by atoms with Crippen molar-refractivity contribution in [3.8, 4) is 11.5 Å². The number of Topliss-reactive ketones (excluding diaryl/α,β-unsaturated/α-hetero) is 1. The third-order valence-corrected chi connectivity index (χ3v) is 6.99. The van der Waals surface area contributed by atoms with E-state index >= 15 is 0 Å². The summed E-state index contributed by atoms with van der Waals surface area (Å²) >= 11 is 0. The van der Waals surface area contributed by atoms with Crippen molar-refractivity contribution in [3.05, 3.63) is 59.2 Å². The van der Waals surface area contributed by atoms with Crippen LogP contribution in [0.15, 0.2) is 48.0 Å². The number of nitrogens with one attached hydrogen (secondary N) is 1. The molecule has 1 unspecified atom stereocenters. The first-order chi connectivity index (χ1) is 17.3. The Bertz CT molecular complexity index is 1140. The van der Waals surface area contributed by atoms with Gasteiger partial charge in [-0.1, -0.05) is 24.0 Å². The van der Waals surface area contributed by atoms with Crippen molar-refractivity contribution < 1.29 is 29.1 Å². The topological polar surface area (TPSA) is 86.6 Å². The molecule has 8 nitrogen and oxygen atoms in total. The van der Waals surface area contributed by atoms with Crippen LogP contribution in [0, 0.1) is 0 Å². The number of likely N-dealkylation sites (tertiary alicyclic amines) is 1. The molecular formula is C28H35N3O5. The fourth-order valence-electron chi connectivity index (χ4n) is 4.85. The monoisotopic (exact) mass is 493 g/mol. The summed E-state index contributed by atoms with van der Waals surface area (Å²) in [5.41, 5.74) is 2.03. The smallest absolute Gasteiger partial charge is 0.295 e. The molecule has 2 aromatic carbocycles. The molecule has 0 aliphatic carbocycles. The number of ketones is 1. The zero-order valence-corrected chi connectivity index (χ0v) is 21.5. The fraction of sp³-hybridized carbons (Fsp3) is 0.429. The number of hydrogen-bond acceptors (Lipinski definition) is 6. The number of quaternary nitrogens is 1. The first-order valence-corrected chi connectivity index (χ1v) is 12.6. The van der Waals surface area contributed by atoms with E-state index in [0.29, 0.717) is 36.8 Å². The molecule has 0 radical (unpaired) electrons. The first-order valence-electron chi connectivity index (χ1n) is 12.6. The summed E-state index contributed by atoms with van der Waals surface area (Å²) in [5, 5.41) is 13.7. The minimum Gasteiger partial charge on any atom is -0.872 e. The second kappa shape index (κ2) is 11.0. The van der Waals surface area contributed by atoms with Crippen LogP contribution in [-0.4, -0.2) is 70.1 Å². The average Bonchev–Trinajstić information content (AvgIpc) is 3.15. The van der Waals surface area contributed by atoms with Crippen molar-refractivity contribution in [1.29, 1.82) is 0 Å². The van der Waals surface area contributed by atoms with E-state index in [4.69, 9.17) is 9.47 Å². The molecular weight excluding hydrogens is 458 g/mol. The minimum atomic E-state index is -0.730. The molecule has 1 amide bonds. The lowest BCUT2D eigenvalue weighted by Gasteiger charge is -2.28. The number of carbonyl (C=O) groups excluding carboxylic acids is 2. The second-order valence-corrected chi connectivity index (χ2v) is 9.38. The number of benzene rings is 2. The van der Waals surface area contributed by atoms with E-state index < -0.39 is 23.5 Å². The molecule has 1 N–H and O–H groups in total. The number of ether oxygens (including phenoxy) is 2. The van der Waals surface area contributed by atoms with Crippen LogP contribution in [0.5, 0.6) is 11.5 Å². The van der Waals surface area contributed by atoms with Crippen LogP contribution in [0.2, 0.25) is 0 Å². The SMILES string of the molecule is CC[NH+](CC)CCCN1C(=O)C(=O)C(=C([O-])c2ccc3c(c2)OCCO3)C1c1ccc(N(C)C)cc1. The highest BCUT2D eigenvalue weighted by Gasteiger charge is 2.44. The maximum absolute atomic E-state index is 13.7. The summed E-state index contributed by atoms with van der Waals surface area (Å²) in [6.07, 6.45) is 0.744. The highest BCUT2D eigenvalue weighted by Crippen LogP contribution is 2.40. The van der Waals surface area contributed by atoms with Gasteiger partial charge in [-0.2, -0.15) is 0 Å². The van der Waals surface area contributed by atoms with Gasteiger partial charge in [0.05, 0.1) is 25.7 Å². The molecule has 8 heteroatoms. The number of anilines is 1. The zero-order chi connectivity index (χ0) is 25.8. The quantitative estimate of drug-likeness (QED) is 0.320. The Morgan fingerprint density at radius 1 is 1.03 bits per heavy atom. The number of carbonyl (C=O) groups is 2. The van der Waals surface area contributed by atoms with Gasteiger partial charge in [-0.3, -0.25) is 9.59 Å². The molecule has 0 aromatic heterocycles. The van der Waals surface area contributed by atoms with Crippen LogP contribution in [0.25, 0.3) is 5.76 Å². The van der Waals surface area contributed by atoms with E-state index in [9.17, 15) is 14.7 Å². The normalized spacial score (nSPS) is 18.7. The minimum absolute atomic E-state index is 0.00975. The van der Waals surface area contributed by atoms with Gasteiger partial charge in [-0.05, 0) is 49.2 Å². The van der Waals surface area contributed by atoms with Crippen LogP contribution >= 0.6 is 0 Å². The highest BCUT2D eigenvalue weighted by molar-refractivity contribution is 6.46. The van der Waals surface area contributed by atoms with Gasteiger partial charge in [0, 0.05) is 38.3 Å². The van der Waals surface area contributed by atoms with E-state index in [-0.39, 0.29) is 5.57 Å². The van der Waals surface area contributed by atoms with E-state index in [1.807, 2.05) is 43.3 Å². The van der Waals surface area contributed by atoms with E-state index in [2.05, 4.69) is 13.8 Å². The average molecular weight is 494 g/mol. The fourth-order valence-corrected chi connectivity index (χ4v) is 4.85. The molecule has 2 aliphatic heterocycles. The largest absolute Gasteiger partial charge is 0.872 e. The highest BCUT2D eigenvalue weighted by atomic mass is 16.6. The first kappa shape index (κ1) is 25.6. The molecule has 1 fully saturated rings. The van der Waals surface area contributed by atoms with Gasteiger partial charge in [-0.15, -0.1) is 0 Å². The maximum atomic E-state index is 13.7. The van der Waals surface area contributed by atoms with Gasteiger partial charge >= 0.3 is 0 Å². The maximum Gasteiger partial charge on any atom is 0.295 e. The van der Waals surface area contributed by atoms with Gasteiger partial charge in [-0.25, -0.2) is 0 Å². The van der Waals surface area contributed by atoms with Crippen molar-refractivity contribution in [2.45, 2.75) is 26.3 Å². The lowest BCUT2D eigenvalue weighted by molar-refractivity contribution is -0.896. The molecule has 2 aliphatic rings. The van der Waals surface area contributed by atoms with Gasteiger partial charge in [0.25, 0.3) is 5.91 Å². The molecule has 36 heavy (non-hydrogen) atoms. The number of fused-ring (bicyclic) bond motifs is 1. The lowest BCUT2D eigenvalue weighted by Crippen LogP contribution is -3.11. The molecule has 4 rings (SSSR count). The predicted octanol–water partition coefficient (Wildman–Crippen LogP) is 1.06. The van der Waals surface area contributed by atoms with Gasteiger partial charge < -0.3 is 29.3 Å². The summed E-state index contributed by atoms with van der Waals surface area (Å²) in [5.74, 6) is -0.772. The van der Waals surface area contributed by atoms with Crippen molar-refractivity contribution in [2.24, 2.45) is 0 Å². The van der Waals surface area contributed by atoms with E-state index in [1.165, 1.54) is 4.90 Å². The Morgan fingerprint density at radius 3 is 2.33 bits per heavy atom. The lowest BCUT2D eigenvalue weighted by atomic mass is 9.95. The number of amides is 1. The second-order valence-electron chi connectivity index (χ2n) is 9.38. The number of nitrogens with zero attached hydrogens (tertiary/aromatic N) is 2. The summed E-state index contributed by atoms with van der Waals surface area (Å²) in [7, 11) is 3.89. The van der Waals surface area contributed by atoms with Crippen LogP contribution in [0.3, 0.4) is 0 Å². The molecule has 0 saturated carbocycles. The summed E-state index contributed by atoms with van der Waals surface area (Å²) in [4.78, 5) is 31.4. The van der Waals surface area contributed by atoms with Crippen molar-refractivity contribution in [3.63, 3.8) is 0 Å². The summed E-state index contributed by atoms with van der Waals surface area (Å²) in [6.45, 7) is 8.40. The molecule has 2 heterocycles. The summed E-state index contributed by atoms with van der Waals surface area (Å²) in [6, 6.07) is 11.8. The van der Waals surface area contributed by atoms with Crippen molar-refractivity contribution >= 4 is 23.1 Å². The third-order valence-electron chi connectivity index (χ3n) is 6.99. The van der Waals surface area contributed by atoms with Crippen LogP contribution < -0.4 is 24.4 Å². The molecule has 1 atom stereocenters. The Kier molecular flexibility index (Phi) is 7.84.